The summed E-state index contributed by atoms with van der Waals surface area (Å²) in [4.78, 5) is 12.1. The molecular formula is C19H18O4. The molecule has 0 amide bonds. The summed E-state index contributed by atoms with van der Waals surface area (Å²) in [5, 5.41) is 0. The maximum atomic E-state index is 12.1. The minimum atomic E-state index is -0.340. The van der Waals surface area contributed by atoms with Crippen molar-refractivity contribution in [3.8, 4) is 17.2 Å². The highest BCUT2D eigenvalue weighted by Gasteiger charge is 2.19. The molecule has 0 saturated carbocycles. The average molecular weight is 310 g/mol. The van der Waals surface area contributed by atoms with Crippen molar-refractivity contribution in [3.05, 3.63) is 58.7 Å². The summed E-state index contributed by atoms with van der Waals surface area (Å²) in [5.41, 5.74) is 3.45. The lowest BCUT2D eigenvalue weighted by Gasteiger charge is -2.18. The molecule has 4 heteroatoms. The van der Waals surface area contributed by atoms with Crippen LogP contribution in [0.25, 0.3) is 6.08 Å². The Morgan fingerprint density at radius 1 is 1.09 bits per heavy atom. The van der Waals surface area contributed by atoms with Crippen molar-refractivity contribution in [2.24, 2.45) is 0 Å². The Morgan fingerprint density at radius 3 is 2.61 bits per heavy atom. The van der Waals surface area contributed by atoms with E-state index in [0.717, 1.165) is 22.4 Å². The molecule has 1 heterocycles. The van der Waals surface area contributed by atoms with E-state index >= 15 is 0 Å². The molecule has 0 aromatic heterocycles. The maximum Gasteiger partial charge on any atom is 0.334 e. The second-order valence-corrected chi connectivity index (χ2v) is 5.45. The zero-order chi connectivity index (χ0) is 16.4. The molecule has 0 spiro atoms. The highest BCUT2D eigenvalue weighted by atomic mass is 16.5. The normalized spacial score (nSPS) is 15.0. The van der Waals surface area contributed by atoms with Crippen molar-refractivity contribution in [3.63, 3.8) is 0 Å². The molecule has 0 saturated heterocycles. The van der Waals surface area contributed by atoms with Gasteiger partial charge < -0.3 is 14.2 Å². The van der Waals surface area contributed by atoms with Gasteiger partial charge in [-0.05, 0) is 42.8 Å². The van der Waals surface area contributed by atoms with Gasteiger partial charge in [-0.3, -0.25) is 0 Å². The summed E-state index contributed by atoms with van der Waals surface area (Å²) in [6, 6.07) is 11.5. The lowest BCUT2D eigenvalue weighted by Crippen LogP contribution is -2.10. The van der Waals surface area contributed by atoms with E-state index in [2.05, 4.69) is 0 Å². The number of benzene rings is 2. The van der Waals surface area contributed by atoms with Crippen molar-refractivity contribution in [1.29, 1.82) is 0 Å². The van der Waals surface area contributed by atoms with Gasteiger partial charge in [-0.1, -0.05) is 17.7 Å². The molecule has 23 heavy (non-hydrogen) atoms. The molecule has 0 radical (unpaired) electrons. The number of hydrogen-bond acceptors (Lipinski definition) is 4. The first-order valence-electron chi connectivity index (χ1n) is 7.35. The monoisotopic (exact) mass is 310 g/mol. The highest BCUT2D eigenvalue weighted by molar-refractivity contribution is 5.95. The molecule has 3 rings (SSSR count). The van der Waals surface area contributed by atoms with Crippen LogP contribution in [0.5, 0.6) is 17.2 Å². The Kier molecular flexibility index (Phi) is 4.06. The highest BCUT2D eigenvalue weighted by Crippen LogP contribution is 2.36. The first kappa shape index (κ1) is 15.2. The number of esters is 1. The van der Waals surface area contributed by atoms with Gasteiger partial charge in [0, 0.05) is 17.6 Å². The quantitative estimate of drug-likeness (QED) is 0.789. The second-order valence-electron chi connectivity index (χ2n) is 5.45. The number of carbonyl (C=O) groups excluding carboxylic acids is 1. The topological polar surface area (TPSA) is 44.8 Å². The third kappa shape index (κ3) is 3.06. The molecule has 0 N–H and O–H groups in total. The minimum absolute atomic E-state index is 0.340. The van der Waals surface area contributed by atoms with Gasteiger partial charge in [-0.25, -0.2) is 4.79 Å². The van der Waals surface area contributed by atoms with Crippen molar-refractivity contribution >= 4 is 12.0 Å². The van der Waals surface area contributed by atoms with Gasteiger partial charge in [-0.15, -0.1) is 0 Å². The van der Waals surface area contributed by atoms with Crippen LogP contribution in [0.1, 0.15) is 16.7 Å². The lowest BCUT2D eigenvalue weighted by atomic mass is 9.98. The van der Waals surface area contributed by atoms with Gasteiger partial charge in [0.05, 0.1) is 14.2 Å². The van der Waals surface area contributed by atoms with Crippen molar-refractivity contribution in [1.82, 2.24) is 0 Å². The molecule has 1 aliphatic heterocycles. The summed E-state index contributed by atoms with van der Waals surface area (Å²) in [5.74, 6) is 1.79. The molecule has 0 unspecified atom stereocenters. The number of aryl methyl sites for hydroxylation is 1. The van der Waals surface area contributed by atoms with E-state index in [1.807, 2.05) is 43.3 Å². The fourth-order valence-corrected chi connectivity index (χ4v) is 2.63. The standard InChI is InChI=1S/C19H18O4/c1-12-4-6-17-13(8-12)9-15(19(20)22-3)10-14-11-16(21-2)5-7-18(14)23-17/h4-8,10-11H,9H2,1-3H3/b15-10+. The first-order valence-corrected chi connectivity index (χ1v) is 7.35. The van der Waals surface area contributed by atoms with Crippen molar-refractivity contribution in [2.45, 2.75) is 13.3 Å². The summed E-state index contributed by atoms with van der Waals surface area (Å²) >= 11 is 0. The molecule has 0 fully saturated rings. The third-order valence-electron chi connectivity index (χ3n) is 3.81. The molecule has 1 aliphatic rings. The van der Waals surface area contributed by atoms with E-state index in [1.165, 1.54) is 7.11 Å². The van der Waals surface area contributed by atoms with E-state index in [-0.39, 0.29) is 5.97 Å². The van der Waals surface area contributed by atoms with Gasteiger partial charge in [0.15, 0.2) is 0 Å². The Labute approximate surface area is 135 Å². The molecule has 0 aliphatic carbocycles. The molecular weight excluding hydrogens is 292 g/mol. The Hall–Kier alpha value is -2.75. The van der Waals surface area contributed by atoms with Crippen LogP contribution in [0.3, 0.4) is 0 Å². The number of ether oxygens (including phenoxy) is 3. The Bertz CT molecular complexity index is 790. The van der Waals surface area contributed by atoms with Crippen molar-refractivity contribution in [2.75, 3.05) is 14.2 Å². The van der Waals surface area contributed by atoms with E-state index in [1.54, 1.807) is 13.2 Å². The fourth-order valence-electron chi connectivity index (χ4n) is 2.63. The Balaban J connectivity index is 2.17. The average Bonchev–Trinajstić information content (AvgIpc) is 2.55. The van der Waals surface area contributed by atoms with E-state index in [4.69, 9.17) is 14.2 Å². The third-order valence-corrected chi connectivity index (χ3v) is 3.81. The SMILES string of the molecule is COC(=O)/C1=C/c2cc(OC)ccc2Oc2ccc(C)cc2C1. The zero-order valence-corrected chi connectivity index (χ0v) is 13.4. The van der Waals surface area contributed by atoms with Crippen LogP contribution in [0.2, 0.25) is 0 Å². The largest absolute Gasteiger partial charge is 0.497 e. The van der Waals surface area contributed by atoms with Crippen LogP contribution in [0, 0.1) is 6.92 Å². The molecule has 2 aromatic carbocycles. The summed E-state index contributed by atoms with van der Waals surface area (Å²) in [6.07, 6.45) is 2.26. The zero-order valence-electron chi connectivity index (χ0n) is 13.4. The van der Waals surface area contributed by atoms with Crippen molar-refractivity contribution < 1.29 is 19.0 Å². The summed E-state index contributed by atoms with van der Waals surface area (Å²) in [7, 11) is 3.00. The van der Waals surface area contributed by atoms with Crippen LogP contribution in [-0.4, -0.2) is 20.2 Å². The van der Waals surface area contributed by atoms with Crippen LogP contribution in [-0.2, 0) is 16.0 Å². The maximum absolute atomic E-state index is 12.1. The van der Waals surface area contributed by atoms with Gasteiger partial charge in [-0.2, -0.15) is 0 Å². The predicted octanol–water partition coefficient (Wildman–Crippen LogP) is 3.91. The number of hydrogen-bond donors (Lipinski definition) is 0. The summed E-state index contributed by atoms with van der Waals surface area (Å²) < 4.78 is 16.2. The van der Waals surface area contributed by atoms with Gasteiger partial charge in [0.1, 0.15) is 17.2 Å². The van der Waals surface area contributed by atoms with E-state index in [0.29, 0.717) is 23.5 Å². The number of carbonyl (C=O) groups is 1. The first-order chi connectivity index (χ1) is 11.1. The van der Waals surface area contributed by atoms with Crippen LogP contribution in [0.15, 0.2) is 42.0 Å². The predicted molar refractivity (Wildman–Crippen MR) is 87.9 cm³/mol. The fraction of sp³-hybridized carbons (Fsp3) is 0.211. The van der Waals surface area contributed by atoms with Gasteiger partial charge in [0.2, 0.25) is 0 Å². The number of rotatable bonds is 2. The molecule has 4 nitrogen and oxygen atoms in total. The smallest absolute Gasteiger partial charge is 0.334 e. The Morgan fingerprint density at radius 2 is 1.87 bits per heavy atom. The van der Waals surface area contributed by atoms with Crippen LogP contribution in [0.4, 0.5) is 0 Å². The minimum Gasteiger partial charge on any atom is -0.497 e. The molecule has 0 atom stereocenters. The van der Waals surface area contributed by atoms with E-state index in [9.17, 15) is 4.79 Å². The lowest BCUT2D eigenvalue weighted by molar-refractivity contribution is -0.136. The number of fused-ring (bicyclic) bond motifs is 2. The van der Waals surface area contributed by atoms with Crippen LogP contribution < -0.4 is 9.47 Å². The second kappa shape index (κ2) is 6.16. The molecule has 0 bridgehead atoms. The molecule has 2 aromatic rings. The summed E-state index contributed by atoms with van der Waals surface area (Å²) in [6.45, 7) is 2.01. The van der Waals surface area contributed by atoms with Crippen LogP contribution >= 0.6 is 0 Å². The van der Waals surface area contributed by atoms with E-state index < -0.39 is 0 Å². The van der Waals surface area contributed by atoms with Gasteiger partial charge in [0.25, 0.3) is 0 Å². The molecule has 118 valence electrons. The van der Waals surface area contributed by atoms with Gasteiger partial charge >= 0.3 is 5.97 Å². The number of methoxy groups -OCH3 is 2.